The summed E-state index contributed by atoms with van der Waals surface area (Å²) in [5.74, 6) is -5.44. The monoisotopic (exact) mass is 221 g/mol. The van der Waals surface area contributed by atoms with Crippen molar-refractivity contribution in [3.8, 4) is 0 Å². The summed E-state index contributed by atoms with van der Waals surface area (Å²) >= 11 is 0. The van der Waals surface area contributed by atoms with Crippen molar-refractivity contribution < 1.29 is 17.6 Å². The molecule has 0 saturated heterocycles. The Kier molecular flexibility index (Phi) is 3.68. The van der Waals surface area contributed by atoms with Crippen LogP contribution >= 0.6 is 0 Å². The minimum atomic E-state index is -1.38. The molecular weight excluding hydrogens is 210 g/mol. The zero-order valence-corrected chi connectivity index (χ0v) is 8.16. The predicted octanol–water partition coefficient (Wildman–Crippen LogP) is 2.52. The number of halogens is 4. The van der Waals surface area contributed by atoms with Gasteiger partial charge in [0.1, 0.15) is 0 Å². The zero-order valence-electron chi connectivity index (χ0n) is 8.16. The first-order valence-electron chi connectivity index (χ1n) is 4.51. The van der Waals surface area contributed by atoms with Gasteiger partial charge < -0.3 is 5.73 Å². The molecule has 0 aliphatic rings. The second-order valence-electron chi connectivity index (χ2n) is 3.46. The minimum absolute atomic E-state index is 0.121. The average Bonchev–Trinajstić information content (AvgIpc) is 2.14. The fraction of sp³-hybridized carbons (Fsp3) is 0.400. The van der Waals surface area contributed by atoms with Crippen LogP contribution in [0.1, 0.15) is 18.9 Å². The first kappa shape index (κ1) is 12.0. The number of benzene rings is 1. The van der Waals surface area contributed by atoms with Crippen molar-refractivity contribution in [1.29, 1.82) is 0 Å². The van der Waals surface area contributed by atoms with E-state index >= 15 is 0 Å². The maximum absolute atomic E-state index is 13.1. The number of rotatable bonds is 3. The van der Waals surface area contributed by atoms with E-state index in [1.165, 1.54) is 0 Å². The van der Waals surface area contributed by atoms with Gasteiger partial charge in [0.05, 0.1) is 0 Å². The van der Waals surface area contributed by atoms with Crippen molar-refractivity contribution >= 4 is 0 Å². The van der Waals surface area contributed by atoms with Crippen molar-refractivity contribution in [3.63, 3.8) is 0 Å². The van der Waals surface area contributed by atoms with E-state index in [0.717, 1.165) is 0 Å². The lowest BCUT2D eigenvalue weighted by Gasteiger charge is -2.08. The van der Waals surface area contributed by atoms with Gasteiger partial charge in [0.25, 0.3) is 0 Å². The fourth-order valence-corrected chi connectivity index (χ4v) is 1.21. The molecule has 0 spiro atoms. The molecule has 5 heteroatoms. The van der Waals surface area contributed by atoms with Crippen LogP contribution < -0.4 is 5.73 Å². The molecule has 15 heavy (non-hydrogen) atoms. The molecule has 1 aromatic rings. The maximum Gasteiger partial charge on any atom is 0.165 e. The molecule has 0 saturated carbocycles. The van der Waals surface area contributed by atoms with E-state index < -0.39 is 28.8 Å². The summed E-state index contributed by atoms with van der Waals surface area (Å²) < 4.78 is 51.6. The standard InChI is InChI=1S/C10H11F4N/c1-5(15)2-3-6-9(13)7(11)4-8(12)10(6)14/h4-5H,2-3,15H2,1H3. The summed E-state index contributed by atoms with van der Waals surface area (Å²) in [5.41, 5.74) is 4.81. The first-order chi connectivity index (χ1) is 6.93. The quantitative estimate of drug-likeness (QED) is 0.616. The number of hydrogen-bond acceptors (Lipinski definition) is 1. The summed E-state index contributed by atoms with van der Waals surface area (Å²) in [4.78, 5) is 0. The van der Waals surface area contributed by atoms with Gasteiger partial charge in [-0.3, -0.25) is 0 Å². The first-order valence-corrected chi connectivity index (χ1v) is 4.51. The van der Waals surface area contributed by atoms with Gasteiger partial charge in [-0.05, 0) is 19.8 Å². The summed E-state index contributed by atoms with van der Waals surface area (Å²) in [5, 5.41) is 0. The molecule has 2 N–H and O–H groups in total. The molecule has 0 amide bonds. The van der Waals surface area contributed by atoms with Gasteiger partial charge in [-0.2, -0.15) is 0 Å². The van der Waals surface area contributed by atoms with Crippen molar-refractivity contribution in [1.82, 2.24) is 0 Å². The van der Waals surface area contributed by atoms with E-state index in [9.17, 15) is 17.6 Å². The van der Waals surface area contributed by atoms with Crippen molar-refractivity contribution in [2.24, 2.45) is 5.73 Å². The van der Waals surface area contributed by atoms with Crippen LogP contribution in [0, 0.1) is 23.3 Å². The second kappa shape index (κ2) is 4.61. The molecule has 0 fully saturated rings. The zero-order chi connectivity index (χ0) is 11.6. The Morgan fingerprint density at radius 1 is 1.13 bits per heavy atom. The minimum Gasteiger partial charge on any atom is -0.328 e. The molecule has 1 atom stereocenters. The van der Waals surface area contributed by atoms with Gasteiger partial charge in [-0.1, -0.05) is 0 Å². The highest BCUT2D eigenvalue weighted by Gasteiger charge is 2.18. The van der Waals surface area contributed by atoms with E-state index in [1.54, 1.807) is 6.92 Å². The van der Waals surface area contributed by atoms with Crippen LogP contribution in [0.2, 0.25) is 0 Å². The normalized spacial score (nSPS) is 12.9. The van der Waals surface area contributed by atoms with Gasteiger partial charge in [0.15, 0.2) is 23.3 Å². The van der Waals surface area contributed by atoms with Crippen LogP contribution in [0.4, 0.5) is 17.6 Å². The Morgan fingerprint density at radius 3 is 2.00 bits per heavy atom. The lowest BCUT2D eigenvalue weighted by atomic mass is 10.0. The van der Waals surface area contributed by atoms with E-state index in [1.807, 2.05) is 0 Å². The van der Waals surface area contributed by atoms with Crippen LogP contribution in [0.3, 0.4) is 0 Å². The average molecular weight is 221 g/mol. The van der Waals surface area contributed by atoms with Crippen LogP contribution in [0.5, 0.6) is 0 Å². The van der Waals surface area contributed by atoms with Crippen molar-refractivity contribution in [2.45, 2.75) is 25.8 Å². The van der Waals surface area contributed by atoms with Crippen LogP contribution in [-0.2, 0) is 6.42 Å². The molecule has 0 aliphatic carbocycles. The van der Waals surface area contributed by atoms with Gasteiger partial charge in [0, 0.05) is 17.7 Å². The van der Waals surface area contributed by atoms with Crippen molar-refractivity contribution in [2.75, 3.05) is 0 Å². The summed E-state index contributed by atoms with van der Waals surface area (Å²) in [6, 6.07) is -0.0878. The Labute approximate surface area is 84.9 Å². The Morgan fingerprint density at radius 2 is 1.60 bits per heavy atom. The molecule has 1 nitrogen and oxygen atoms in total. The molecule has 0 radical (unpaired) electrons. The SMILES string of the molecule is CC(N)CCc1c(F)c(F)cc(F)c1F. The van der Waals surface area contributed by atoms with Crippen LogP contribution in [0.15, 0.2) is 6.07 Å². The summed E-state index contributed by atoms with van der Waals surface area (Å²) in [7, 11) is 0. The van der Waals surface area contributed by atoms with Gasteiger partial charge >= 0.3 is 0 Å². The topological polar surface area (TPSA) is 26.0 Å². The van der Waals surface area contributed by atoms with Gasteiger partial charge in [-0.15, -0.1) is 0 Å². The molecule has 0 heterocycles. The van der Waals surface area contributed by atoms with E-state index in [-0.39, 0.29) is 24.9 Å². The van der Waals surface area contributed by atoms with Crippen LogP contribution in [-0.4, -0.2) is 6.04 Å². The third-order valence-electron chi connectivity index (χ3n) is 2.05. The summed E-state index contributed by atoms with van der Waals surface area (Å²) in [6.45, 7) is 1.64. The molecule has 0 bridgehead atoms. The van der Waals surface area contributed by atoms with Gasteiger partial charge in [-0.25, -0.2) is 17.6 Å². The highest BCUT2D eigenvalue weighted by molar-refractivity contribution is 5.22. The number of hydrogen-bond donors (Lipinski definition) is 1. The Bertz CT molecular complexity index is 337. The highest BCUT2D eigenvalue weighted by atomic mass is 19.2. The molecular formula is C10H11F4N. The van der Waals surface area contributed by atoms with Gasteiger partial charge in [0.2, 0.25) is 0 Å². The highest BCUT2D eigenvalue weighted by Crippen LogP contribution is 2.20. The Balaban J connectivity index is 3.04. The smallest absolute Gasteiger partial charge is 0.165 e. The fourth-order valence-electron chi connectivity index (χ4n) is 1.21. The van der Waals surface area contributed by atoms with E-state index in [0.29, 0.717) is 0 Å². The third-order valence-corrected chi connectivity index (χ3v) is 2.05. The molecule has 1 rings (SSSR count). The third kappa shape index (κ3) is 2.68. The maximum atomic E-state index is 13.1. The molecule has 1 unspecified atom stereocenters. The summed E-state index contributed by atoms with van der Waals surface area (Å²) in [6.07, 6.45) is 0.140. The molecule has 0 aliphatic heterocycles. The lowest BCUT2D eigenvalue weighted by Crippen LogP contribution is -2.16. The molecule has 0 aromatic heterocycles. The molecule has 84 valence electrons. The van der Waals surface area contributed by atoms with E-state index in [4.69, 9.17) is 5.73 Å². The number of nitrogens with two attached hydrogens (primary N) is 1. The molecule has 1 aromatic carbocycles. The Hall–Kier alpha value is -1.10. The van der Waals surface area contributed by atoms with Crippen LogP contribution in [0.25, 0.3) is 0 Å². The predicted molar refractivity (Wildman–Crippen MR) is 48.2 cm³/mol. The lowest BCUT2D eigenvalue weighted by molar-refractivity contribution is 0.435. The van der Waals surface area contributed by atoms with Crippen molar-refractivity contribution in [3.05, 3.63) is 34.9 Å². The van der Waals surface area contributed by atoms with E-state index in [2.05, 4.69) is 0 Å². The second-order valence-corrected chi connectivity index (χ2v) is 3.46. The largest absolute Gasteiger partial charge is 0.328 e.